The van der Waals surface area contributed by atoms with E-state index in [2.05, 4.69) is 21.8 Å². The number of fused-ring (bicyclic) bond motifs is 1. The number of aromatic nitrogens is 2. The van der Waals surface area contributed by atoms with Crippen molar-refractivity contribution in [3.8, 4) is 0 Å². The summed E-state index contributed by atoms with van der Waals surface area (Å²) in [6, 6.07) is 7.75. The number of hydrogen-bond acceptors (Lipinski definition) is 3. The molecule has 2 N–H and O–H groups in total. The van der Waals surface area contributed by atoms with Gasteiger partial charge in [0.15, 0.2) is 0 Å². The van der Waals surface area contributed by atoms with Gasteiger partial charge in [-0.25, -0.2) is 0 Å². The number of anilines is 1. The molecule has 5 heteroatoms. The summed E-state index contributed by atoms with van der Waals surface area (Å²) in [4.78, 5) is 12.2. The van der Waals surface area contributed by atoms with Crippen molar-refractivity contribution >= 4 is 11.6 Å². The van der Waals surface area contributed by atoms with Gasteiger partial charge in [-0.2, -0.15) is 5.10 Å². The molecule has 1 aliphatic heterocycles. The Labute approximate surface area is 111 Å². The first-order chi connectivity index (χ1) is 9.25. The lowest BCUT2D eigenvalue weighted by atomic mass is 9.99. The SMILES string of the molecule is Cn1nccc1C(=O)Nc1cccc2c1CCNC2. The molecule has 0 saturated carbocycles. The van der Waals surface area contributed by atoms with E-state index in [1.807, 2.05) is 12.1 Å². The standard InChI is InChI=1S/C14H16N4O/c1-18-13(6-8-16-18)14(19)17-12-4-2-3-10-9-15-7-5-11(10)12/h2-4,6,8,15H,5,7,9H2,1H3,(H,17,19). The van der Waals surface area contributed by atoms with Crippen molar-refractivity contribution in [1.29, 1.82) is 0 Å². The van der Waals surface area contributed by atoms with E-state index in [9.17, 15) is 4.79 Å². The first kappa shape index (κ1) is 11.9. The number of carbonyl (C=O) groups is 1. The van der Waals surface area contributed by atoms with E-state index in [1.54, 1.807) is 24.0 Å². The van der Waals surface area contributed by atoms with Crippen LogP contribution < -0.4 is 10.6 Å². The van der Waals surface area contributed by atoms with E-state index in [0.717, 1.165) is 25.2 Å². The van der Waals surface area contributed by atoms with Crippen LogP contribution in [-0.4, -0.2) is 22.2 Å². The fourth-order valence-corrected chi connectivity index (χ4v) is 2.43. The quantitative estimate of drug-likeness (QED) is 0.852. The van der Waals surface area contributed by atoms with Crippen LogP contribution in [-0.2, 0) is 20.0 Å². The minimum absolute atomic E-state index is 0.119. The number of nitrogens with one attached hydrogen (secondary N) is 2. The van der Waals surface area contributed by atoms with Gasteiger partial charge >= 0.3 is 0 Å². The topological polar surface area (TPSA) is 59.0 Å². The molecule has 1 aliphatic rings. The molecule has 0 bridgehead atoms. The molecule has 0 spiro atoms. The van der Waals surface area contributed by atoms with Gasteiger partial charge in [-0.3, -0.25) is 9.48 Å². The molecule has 0 saturated heterocycles. The summed E-state index contributed by atoms with van der Waals surface area (Å²) in [6.07, 6.45) is 2.57. The van der Waals surface area contributed by atoms with Crippen LogP contribution in [0.1, 0.15) is 21.6 Å². The van der Waals surface area contributed by atoms with Gasteiger partial charge in [-0.15, -0.1) is 0 Å². The zero-order valence-corrected chi connectivity index (χ0v) is 10.8. The second-order valence-corrected chi connectivity index (χ2v) is 4.66. The molecule has 19 heavy (non-hydrogen) atoms. The molecule has 0 atom stereocenters. The Morgan fingerprint density at radius 3 is 3.11 bits per heavy atom. The number of aryl methyl sites for hydroxylation is 1. The maximum absolute atomic E-state index is 12.2. The van der Waals surface area contributed by atoms with Crippen molar-refractivity contribution < 1.29 is 4.79 Å². The van der Waals surface area contributed by atoms with Gasteiger partial charge in [0, 0.05) is 25.5 Å². The molecule has 3 rings (SSSR count). The Morgan fingerprint density at radius 1 is 1.42 bits per heavy atom. The van der Waals surface area contributed by atoms with Crippen LogP contribution in [0.5, 0.6) is 0 Å². The van der Waals surface area contributed by atoms with Crippen molar-refractivity contribution in [1.82, 2.24) is 15.1 Å². The third-order valence-electron chi connectivity index (χ3n) is 3.44. The van der Waals surface area contributed by atoms with Crippen molar-refractivity contribution in [2.45, 2.75) is 13.0 Å². The molecule has 1 aromatic carbocycles. The van der Waals surface area contributed by atoms with Crippen molar-refractivity contribution in [3.63, 3.8) is 0 Å². The van der Waals surface area contributed by atoms with Crippen LogP contribution >= 0.6 is 0 Å². The van der Waals surface area contributed by atoms with Crippen molar-refractivity contribution in [2.75, 3.05) is 11.9 Å². The predicted molar refractivity (Wildman–Crippen MR) is 73.0 cm³/mol. The fourth-order valence-electron chi connectivity index (χ4n) is 2.43. The van der Waals surface area contributed by atoms with E-state index in [0.29, 0.717) is 5.69 Å². The molecule has 5 nitrogen and oxygen atoms in total. The lowest BCUT2D eigenvalue weighted by Crippen LogP contribution is -2.25. The van der Waals surface area contributed by atoms with Crippen molar-refractivity contribution in [3.05, 3.63) is 47.3 Å². The van der Waals surface area contributed by atoms with Gasteiger partial charge in [-0.1, -0.05) is 12.1 Å². The minimum Gasteiger partial charge on any atom is -0.320 e. The first-order valence-electron chi connectivity index (χ1n) is 6.36. The van der Waals surface area contributed by atoms with Crippen LogP contribution in [0.2, 0.25) is 0 Å². The summed E-state index contributed by atoms with van der Waals surface area (Å²) in [5.41, 5.74) is 3.96. The van der Waals surface area contributed by atoms with E-state index in [-0.39, 0.29) is 5.91 Å². The molecule has 1 amide bonds. The summed E-state index contributed by atoms with van der Waals surface area (Å²) >= 11 is 0. The number of nitrogens with zero attached hydrogens (tertiary/aromatic N) is 2. The van der Waals surface area contributed by atoms with Gasteiger partial charge in [0.05, 0.1) is 0 Å². The predicted octanol–water partition coefficient (Wildman–Crippen LogP) is 1.32. The third kappa shape index (κ3) is 2.24. The largest absolute Gasteiger partial charge is 0.320 e. The van der Waals surface area contributed by atoms with Gasteiger partial charge in [-0.05, 0) is 36.2 Å². The maximum Gasteiger partial charge on any atom is 0.273 e. The monoisotopic (exact) mass is 256 g/mol. The molecular formula is C14H16N4O. The molecule has 2 heterocycles. The van der Waals surface area contributed by atoms with Crippen LogP contribution in [0.25, 0.3) is 0 Å². The Bertz CT molecular complexity index is 618. The number of hydrogen-bond donors (Lipinski definition) is 2. The third-order valence-corrected chi connectivity index (χ3v) is 3.44. The summed E-state index contributed by atoms with van der Waals surface area (Å²) in [7, 11) is 1.76. The molecule has 0 radical (unpaired) electrons. The van der Waals surface area contributed by atoms with E-state index < -0.39 is 0 Å². The molecule has 0 fully saturated rings. The summed E-state index contributed by atoms with van der Waals surface area (Å²) in [5, 5.41) is 10.3. The van der Waals surface area contributed by atoms with E-state index in [4.69, 9.17) is 0 Å². The highest BCUT2D eigenvalue weighted by Gasteiger charge is 2.16. The van der Waals surface area contributed by atoms with Crippen LogP contribution in [0.3, 0.4) is 0 Å². The average Bonchev–Trinajstić information content (AvgIpc) is 2.85. The first-order valence-corrected chi connectivity index (χ1v) is 6.36. The van der Waals surface area contributed by atoms with Gasteiger partial charge < -0.3 is 10.6 Å². The van der Waals surface area contributed by atoms with Gasteiger partial charge in [0.2, 0.25) is 0 Å². The van der Waals surface area contributed by atoms with Crippen LogP contribution in [0.4, 0.5) is 5.69 Å². The van der Waals surface area contributed by atoms with Gasteiger partial charge in [0.25, 0.3) is 5.91 Å². The van der Waals surface area contributed by atoms with Gasteiger partial charge in [0.1, 0.15) is 5.69 Å². The Kier molecular flexibility index (Phi) is 3.05. The van der Waals surface area contributed by atoms with Crippen molar-refractivity contribution in [2.24, 2.45) is 7.05 Å². The minimum atomic E-state index is -0.119. The zero-order valence-electron chi connectivity index (χ0n) is 10.8. The van der Waals surface area contributed by atoms with Crippen LogP contribution in [0.15, 0.2) is 30.5 Å². The highest BCUT2D eigenvalue weighted by atomic mass is 16.2. The number of amides is 1. The number of carbonyl (C=O) groups excluding carboxylic acids is 1. The maximum atomic E-state index is 12.2. The number of rotatable bonds is 2. The Hall–Kier alpha value is -2.14. The molecule has 0 aliphatic carbocycles. The second-order valence-electron chi connectivity index (χ2n) is 4.66. The second kappa shape index (κ2) is 4.85. The summed E-state index contributed by atoms with van der Waals surface area (Å²) in [6.45, 7) is 1.82. The molecule has 98 valence electrons. The fraction of sp³-hybridized carbons (Fsp3) is 0.286. The molecule has 2 aromatic rings. The lowest BCUT2D eigenvalue weighted by Gasteiger charge is -2.20. The molecule has 1 aromatic heterocycles. The lowest BCUT2D eigenvalue weighted by molar-refractivity contribution is 0.101. The highest BCUT2D eigenvalue weighted by molar-refractivity contribution is 6.03. The highest BCUT2D eigenvalue weighted by Crippen LogP contribution is 2.23. The summed E-state index contributed by atoms with van der Waals surface area (Å²) in [5.74, 6) is -0.119. The van der Waals surface area contributed by atoms with E-state index >= 15 is 0 Å². The average molecular weight is 256 g/mol. The Balaban J connectivity index is 1.88. The Morgan fingerprint density at radius 2 is 2.32 bits per heavy atom. The van der Waals surface area contributed by atoms with Crippen LogP contribution in [0, 0.1) is 0 Å². The zero-order chi connectivity index (χ0) is 13.2. The number of benzene rings is 1. The smallest absolute Gasteiger partial charge is 0.273 e. The summed E-state index contributed by atoms with van der Waals surface area (Å²) < 4.78 is 1.58. The van der Waals surface area contributed by atoms with E-state index in [1.165, 1.54) is 11.1 Å². The molecule has 0 unspecified atom stereocenters. The normalized spacial score (nSPS) is 13.9. The molecular weight excluding hydrogens is 240 g/mol.